The van der Waals surface area contributed by atoms with Crippen LogP contribution in [0, 0.1) is 0 Å². The van der Waals surface area contributed by atoms with Crippen molar-refractivity contribution in [1.29, 1.82) is 0 Å². The number of carbonyl (C=O) groups excluding carboxylic acids is 4. The Morgan fingerprint density at radius 1 is 0.718 bits per heavy atom. The van der Waals surface area contributed by atoms with Crippen molar-refractivity contribution in [2.24, 2.45) is 11.5 Å². The van der Waals surface area contributed by atoms with Gasteiger partial charge in [0.25, 0.3) is 0 Å². The number of aromatic amines is 3. The number of carboxylic acids is 1. The molecular weight excluding hydrogens is 514 g/mol. The predicted octanol–water partition coefficient (Wildman–Crippen LogP) is -3.37. The molecule has 0 bridgehead atoms. The number of H-pyrrole nitrogens is 3. The SMILES string of the molecule is NC(=O)CC(NC(=O)C(Cc1cnc[nH]1)NC(=O)C(Cc1cnc[nH]1)NC(=O)C(N)Cc1cnc[nH]1)C(=O)O. The van der Waals surface area contributed by atoms with Gasteiger partial charge in [0.2, 0.25) is 23.6 Å². The molecule has 0 aromatic carbocycles. The standard InChI is InChI=1S/C22H29N11O6/c23-14(1-11-5-25-8-28-11)19(35)31-15(2-12-6-26-9-29-12)20(36)32-16(3-13-7-27-10-30-13)21(37)33-17(22(38)39)4-18(24)34/h5-10,14-17H,1-4,23H2,(H2,24,34)(H,25,28)(H,26,29)(H,27,30)(H,31,35)(H,32,36)(H,33,37)(H,38,39). The average Bonchev–Trinajstić information content (AvgIpc) is 3.67. The molecule has 11 N–H and O–H groups in total. The molecule has 0 aliphatic carbocycles. The van der Waals surface area contributed by atoms with Crippen LogP contribution in [0.25, 0.3) is 0 Å². The van der Waals surface area contributed by atoms with E-state index in [0.29, 0.717) is 17.1 Å². The molecule has 4 amide bonds. The summed E-state index contributed by atoms with van der Waals surface area (Å²) in [5.74, 6) is -4.71. The van der Waals surface area contributed by atoms with Crippen LogP contribution in [0.2, 0.25) is 0 Å². The normalized spacial score (nSPS) is 14.0. The van der Waals surface area contributed by atoms with Gasteiger partial charge in [0.05, 0.1) is 31.4 Å². The van der Waals surface area contributed by atoms with E-state index in [2.05, 4.69) is 45.9 Å². The van der Waals surface area contributed by atoms with Crippen molar-refractivity contribution >= 4 is 29.6 Å². The fourth-order valence-electron chi connectivity index (χ4n) is 3.60. The van der Waals surface area contributed by atoms with Crippen LogP contribution in [0.3, 0.4) is 0 Å². The molecule has 4 atom stereocenters. The molecule has 0 aliphatic rings. The van der Waals surface area contributed by atoms with Crippen molar-refractivity contribution in [3.63, 3.8) is 0 Å². The van der Waals surface area contributed by atoms with E-state index in [1.807, 2.05) is 0 Å². The number of carboxylic acid groups (broad SMARTS) is 1. The first-order valence-electron chi connectivity index (χ1n) is 11.7. The monoisotopic (exact) mass is 543 g/mol. The second-order valence-electron chi connectivity index (χ2n) is 8.64. The van der Waals surface area contributed by atoms with Crippen molar-refractivity contribution in [1.82, 2.24) is 45.9 Å². The zero-order valence-electron chi connectivity index (χ0n) is 20.6. The molecule has 17 nitrogen and oxygen atoms in total. The minimum absolute atomic E-state index is 0.0217. The number of primary amides is 1. The van der Waals surface area contributed by atoms with Crippen LogP contribution in [0.4, 0.5) is 0 Å². The first kappa shape index (κ1) is 28.5. The van der Waals surface area contributed by atoms with Gasteiger partial charge in [0, 0.05) is 54.9 Å². The molecule has 39 heavy (non-hydrogen) atoms. The lowest BCUT2D eigenvalue weighted by atomic mass is 10.1. The van der Waals surface area contributed by atoms with E-state index in [1.54, 1.807) is 0 Å². The fraction of sp³-hybridized carbons (Fsp3) is 0.364. The van der Waals surface area contributed by atoms with Crippen molar-refractivity contribution < 1.29 is 29.1 Å². The molecule has 3 aromatic rings. The lowest BCUT2D eigenvalue weighted by Gasteiger charge is -2.24. The van der Waals surface area contributed by atoms with Gasteiger partial charge >= 0.3 is 5.97 Å². The highest BCUT2D eigenvalue weighted by molar-refractivity contribution is 5.95. The lowest BCUT2D eigenvalue weighted by Crippen LogP contribution is -2.58. The highest BCUT2D eigenvalue weighted by Crippen LogP contribution is 2.06. The largest absolute Gasteiger partial charge is 0.480 e. The summed E-state index contributed by atoms with van der Waals surface area (Å²) in [5.41, 5.74) is 12.7. The number of hydrogen-bond donors (Lipinski definition) is 9. The molecule has 0 saturated heterocycles. The third kappa shape index (κ3) is 8.78. The topological polar surface area (TPSA) is 280 Å². The van der Waals surface area contributed by atoms with E-state index < -0.39 is 60.2 Å². The van der Waals surface area contributed by atoms with Gasteiger partial charge in [-0.15, -0.1) is 0 Å². The summed E-state index contributed by atoms with van der Waals surface area (Å²) in [6.45, 7) is 0. The number of amides is 4. The Kier molecular flexibility index (Phi) is 9.85. The molecule has 0 fully saturated rings. The van der Waals surface area contributed by atoms with Crippen LogP contribution < -0.4 is 27.4 Å². The Morgan fingerprint density at radius 3 is 1.51 bits per heavy atom. The number of aromatic nitrogens is 6. The van der Waals surface area contributed by atoms with Gasteiger partial charge in [-0.3, -0.25) is 19.2 Å². The van der Waals surface area contributed by atoms with Gasteiger partial charge in [0.15, 0.2) is 0 Å². The molecule has 0 saturated carbocycles. The maximum Gasteiger partial charge on any atom is 0.326 e. The highest BCUT2D eigenvalue weighted by Gasteiger charge is 2.31. The molecule has 0 spiro atoms. The average molecular weight is 544 g/mol. The van der Waals surface area contributed by atoms with Crippen molar-refractivity contribution in [3.8, 4) is 0 Å². The molecule has 0 radical (unpaired) electrons. The Morgan fingerprint density at radius 2 is 1.13 bits per heavy atom. The molecular formula is C22H29N11O6. The summed E-state index contributed by atoms with van der Waals surface area (Å²) in [6.07, 6.45) is 7.95. The summed E-state index contributed by atoms with van der Waals surface area (Å²) < 4.78 is 0. The Balaban J connectivity index is 1.77. The first-order chi connectivity index (χ1) is 18.6. The number of rotatable bonds is 15. The van der Waals surface area contributed by atoms with Gasteiger partial charge in [-0.1, -0.05) is 0 Å². The summed E-state index contributed by atoms with van der Waals surface area (Å²) in [5, 5.41) is 16.7. The summed E-state index contributed by atoms with van der Waals surface area (Å²) in [6, 6.07) is -5.13. The van der Waals surface area contributed by atoms with Gasteiger partial charge in [0.1, 0.15) is 18.1 Å². The van der Waals surface area contributed by atoms with E-state index in [4.69, 9.17) is 11.5 Å². The lowest BCUT2D eigenvalue weighted by molar-refractivity contribution is -0.143. The van der Waals surface area contributed by atoms with Gasteiger partial charge in [-0.2, -0.15) is 0 Å². The summed E-state index contributed by atoms with van der Waals surface area (Å²) >= 11 is 0. The predicted molar refractivity (Wildman–Crippen MR) is 132 cm³/mol. The van der Waals surface area contributed by atoms with Crippen molar-refractivity contribution in [2.75, 3.05) is 0 Å². The van der Waals surface area contributed by atoms with Gasteiger partial charge in [-0.05, 0) is 0 Å². The van der Waals surface area contributed by atoms with E-state index in [-0.39, 0.29) is 19.3 Å². The maximum atomic E-state index is 13.4. The minimum Gasteiger partial charge on any atom is -0.480 e. The number of carbonyl (C=O) groups is 5. The Hall–Kier alpha value is -5.06. The molecule has 17 heteroatoms. The second-order valence-corrected chi connectivity index (χ2v) is 8.64. The van der Waals surface area contributed by atoms with Crippen LogP contribution in [0.1, 0.15) is 23.5 Å². The number of nitrogens with zero attached hydrogens (tertiary/aromatic N) is 3. The van der Waals surface area contributed by atoms with Crippen LogP contribution in [0.5, 0.6) is 0 Å². The van der Waals surface area contributed by atoms with Crippen molar-refractivity contribution in [3.05, 3.63) is 54.7 Å². The van der Waals surface area contributed by atoms with E-state index in [1.165, 1.54) is 37.6 Å². The van der Waals surface area contributed by atoms with Crippen molar-refractivity contribution in [2.45, 2.75) is 49.9 Å². The van der Waals surface area contributed by atoms with E-state index in [0.717, 1.165) is 0 Å². The molecule has 3 rings (SSSR count). The smallest absolute Gasteiger partial charge is 0.326 e. The number of nitrogens with one attached hydrogen (secondary N) is 6. The summed E-state index contributed by atoms with van der Waals surface area (Å²) in [4.78, 5) is 82.2. The van der Waals surface area contributed by atoms with Crippen LogP contribution in [0.15, 0.2) is 37.6 Å². The van der Waals surface area contributed by atoms with Crippen LogP contribution >= 0.6 is 0 Å². The number of hydrogen-bond acceptors (Lipinski definition) is 9. The Bertz CT molecular complexity index is 1240. The molecule has 208 valence electrons. The van der Waals surface area contributed by atoms with Crippen LogP contribution in [-0.4, -0.2) is 88.8 Å². The second kappa shape index (κ2) is 13.5. The van der Waals surface area contributed by atoms with Gasteiger partial charge in [-0.25, -0.2) is 19.7 Å². The quantitative estimate of drug-likeness (QED) is 0.0916. The van der Waals surface area contributed by atoms with Crippen LogP contribution in [-0.2, 0) is 43.2 Å². The number of imidazole rings is 3. The molecule has 3 aromatic heterocycles. The number of nitrogens with two attached hydrogens (primary N) is 2. The minimum atomic E-state index is -1.61. The fourth-order valence-corrected chi connectivity index (χ4v) is 3.60. The van der Waals surface area contributed by atoms with Gasteiger partial charge < -0.3 is 47.5 Å². The molecule has 0 aliphatic heterocycles. The third-order valence-electron chi connectivity index (χ3n) is 5.58. The molecule has 3 heterocycles. The number of aliphatic carboxylic acids is 1. The zero-order chi connectivity index (χ0) is 28.4. The zero-order valence-corrected chi connectivity index (χ0v) is 20.6. The first-order valence-corrected chi connectivity index (χ1v) is 11.7. The molecule has 4 unspecified atom stereocenters. The van der Waals surface area contributed by atoms with E-state index >= 15 is 0 Å². The summed E-state index contributed by atoms with van der Waals surface area (Å²) in [7, 11) is 0. The highest BCUT2D eigenvalue weighted by atomic mass is 16.4. The van der Waals surface area contributed by atoms with E-state index in [9.17, 15) is 29.1 Å². The Labute approximate surface area is 221 Å². The third-order valence-corrected chi connectivity index (χ3v) is 5.58. The maximum absolute atomic E-state index is 13.4.